The number of nitrogens with one attached hydrogen (secondary N) is 1. The molecular formula is C14H30N2O. The lowest BCUT2D eigenvalue weighted by atomic mass is 9.97. The van der Waals surface area contributed by atoms with Crippen LogP contribution in [-0.2, 0) is 0 Å². The third-order valence-corrected chi connectivity index (χ3v) is 3.95. The molecule has 1 fully saturated rings. The minimum absolute atomic E-state index is 0.292. The highest BCUT2D eigenvalue weighted by molar-refractivity contribution is 4.82. The molecule has 3 nitrogen and oxygen atoms in total. The Kier molecular flexibility index (Phi) is 6.45. The van der Waals surface area contributed by atoms with Crippen LogP contribution in [0.25, 0.3) is 0 Å². The Labute approximate surface area is 107 Å². The zero-order valence-corrected chi connectivity index (χ0v) is 11.9. The van der Waals surface area contributed by atoms with Gasteiger partial charge >= 0.3 is 0 Å². The quantitative estimate of drug-likeness (QED) is 0.746. The molecule has 1 unspecified atom stereocenters. The lowest BCUT2D eigenvalue weighted by molar-refractivity contribution is 0.146. The summed E-state index contributed by atoms with van der Waals surface area (Å²) in [4.78, 5) is 2.55. The van der Waals surface area contributed by atoms with Crippen LogP contribution in [0.15, 0.2) is 0 Å². The summed E-state index contributed by atoms with van der Waals surface area (Å²) in [5, 5.41) is 12.8. The Bertz CT molecular complexity index is 198. The standard InChI is InChI=1S/C14H30N2O/c1-11(2)14(7-10-17)15-13-5-8-16(9-6-13)12(3)4/h11-15,17H,5-10H2,1-4H3. The van der Waals surface area contributed by atoms with Gasteiger partial charge in [-0.2, -0.15) is 0 Å². The summed E-state index contributed by atoms with van der Waals surface area (Å²) in [5.41, 5.74) is 0. The van der Waals surface area contributed by atoms with Gasteiger partial charge < -0.3 is 15.3 Å². The van der Waals surface area contributed by atoms with Crippen LogP contribution >= 0.6 is 0 Å². The van der Waals surface area contributed by atoms with Crippen LogP contribution in [0.2, 0.25) is 0 Å². The van der Waals surface area contributed by atoms with Crippen LogP contribution in [0, 0.1) is 5.92 Å². The van der Waals surface area contributed by atoms with Gasteiger partial charge in [0.15, 0.2) is 0 Å². The second-order valence-corrected chi connectivity index (χ2v) is 5.93. The van der Waals surface area contributed by atoms with Crippen molar-refractivity contribution in [3.63, 3.8) is 0 Å². The van der Waals surface area contributed by atoms with Crippen molar-refractivity contribution in [2.45, 2.75) is 65.1 Å². The molecule has 0 bridgehead atoms. The number of rotatable bonds is 6. The van der Waals surface area contributed by atoms with E-state index in [2.05, 4.69) is 37.9 Å². The molecule has 1 rings (SSSR count). The van der Waals surface area contributed by atoms with E-state index in [0.717, 1.165) is 6.42 Å². The topological polar surface area (TPSA) is 35.5 Å². The first-order valence-corrected chi connectivity index (χ1v) is 7.15. The second-order valence-electron chi connectivity index (χ2n) is 5.93. The van der Waals surface area contributed by atoms with Gasteiger partial charge in [-0.1, -0.05) is 13.8 Å². The largest absolute Gasteiger partial charge is 0.396 e. The van der Waals surface area contributed by atoms with Crippen molar-refractivity contribution >= 4 is 0 Å². The van der Waals surface area contributed by atoms with Gasteiger partial charge in [-0.25, -0.2) is 0 Å². The lowest BCUT2D eigenvalue weighted by Gasteiger charge is -2.37. The third kappa shape index (κ3) is 4.94. The van der Waals surface area contributed by atoms with Gasteiger partial charge in [0.05, 0.1) is 0 Å². The van der Waals surface area contributed by atoms with E-state index in [1.807, 2.05) is 0 Å². The van der Waals surface area contributed by atoms with E-state index in [9.17, 15) is 0 Å². The molecule has 0 aromatic carbocycles. The summed E-state index contributed by atoms with van der Waals surface area (Å²) in [6, 6.07) is 1.79. The highest BCUT2D eigenvalue weighted by Gasteiger charge is 2.23. The van der Waals surface area contributed by atoms with Gasteiger partial charge in [-0.15, -0.1) is 0 Å². The predicted molar refractivity (Wildman–Crippen MR) is 73.2 cm³/mol. The van der Waals surface area contributed by atoms with Crippen LogP contribution in [0.5, 0.6) is 0 Å². The molecule has 0 aromatic rings. The molecule has 1 aliphatic rings. The first-order valence-electron chi connectivity index (χ1n) is 7.15. The molecule has 1 heterocycles. The molecule has 0 aliphatic carbocycles. The smallest absolute Gasteiger partial charge is 0.0445 e. The fourth-order valence-corrected chi connectivity index (χ4v) is 2.63. The average molecular weight is 242 g/mol. The molecule has 1 aliphatic heterocycles. The summed E-state index contributed by atoms with van der Waals surface area (Å²) in [5.74, 6) is 0.602. The molecule has 0 aromatic heterocycles. The highest BCUT2D eigenvalue weighted by atomic mass is 16.3. The Morgan fingerprint density at radius 3 is 2.18 bits per heavy atom. The normalized spacial score (nSPS) is 21.4. The minimum atomic E-state index is 0.292. The monoisotopic (exact) mass is 242 g/mol. The minimum Gasteiger partial charge on any atom is -0.396 e. The van der Waals surface area contributed by atoms with E-state index in [4.69, 9.17) is 5.11 Å². The van der Waals surface area contributed by atoms with Crippen molar-refractivity contribution in [3.8, 4) is 0 Å². The molecule has 2 N–H and O–H groups in total. The predicted octanol–water partition coefficient (Wildman–Crippen LogP) is 1.86. The van der Waals surface area contributed by atoms with Crippen LogP contribution in [0.4, 0.5) is 0 Å². The molecule has 0 amide bonds. The Balaban J connectivity index is 2.33. The van der Waals surface area contributed by atoms with E-state index in [-0.39, 0.29) is 0 Å². The van der Waals surface area contributed by atoms with Crippen molar-refractivity contribution in [2.24, 2.45) is 5.92 Å². The summed E-state index contributed by atoms with van der Waals surface area (Å²) in [6.45, 7) is 11.7. The van der Waals surface area contributed by atoms with Gasteiger partial charge in [-0.05, 0) is 52.1 Å². The first-order chi connectivity index (χ1) is 8.04. The van der Waals surface area contributed by atoms with Crippen LogP contribution < -0.4 is 5.32 Å². The number of nitrogens with zero attached hydrogens (tertiary/aromatic N) is 1. The maximum Gasteiger partial charge on any atom is 0.0445 e. The number of aliphatic hydroxyl groups excluding tert-OH is 1. The van der Waals surface area contributed by atoms with Crippen molar-refractivity contribution < 1.29 is 5.11 Å². The second kappa shape index (κ2) is 7.34. The SMILES string of the molecule is CC(C)C(CCO)NC1CCN(C(C)C)CC1. The van der Waals surface area contributed by atoms with Gasteiger partial charge in [0.1, 0.15) is 0 Å². The fraction of sp³-hybridized carbons (Fsp3) is 1.00. The van der Waals surface area contributed by atoms with E-state index in [0.29, 0.717) is 30.7 Å². The van der Waals surface area contributed by atoms with Crippen molar-refractivity contribution in [2.75, 3.05) is 19.7 Å². The zero-order valence-electron chi connectivity index (χ0n) is 11.9. The molecule has 0 radical (unpaired) electrons. The van der Waals surface area contributed by atoms with Crippen molar-refractivity contribution in [1.82, 2.24) is 10.2 Å². The van der Waals surface area contributed by atoms with E-state index >= 15 is 0 Å². The van der Waals surface area contributed by atoms with Crippen molar-refractivity contribution in [3.05, 3.63) is 0 Å². The number of hydrogen-bond acceptors (Lipinski definition) is 3. The van der Waals surface area contributed by atoms with E-state index < -0.39 is 0 Å². The average Bonchev–Trinajstić information content (AvgIpc) is 2.29. The lowest BCUT2D eigenvalue weighted by Crippen LogP contribution is -2.49. The number of likely N-dealkylation sites (tertiary alicyclic amines) is 1. The molecule has 1 atom stereocenters. The highest BCUT2D eigenvalue weighted by Crippen LogP contribution is 2.16. The summed E-state index contributed by atoms with van der Waals surface area (Å²) in [6.07, 6.45) is 3.36. The number of piperidine rings is 1. The molecule has 1 saturated heterocycles. The van der Waals surface area contributed by atoms with Gasteiger partial charge in [0.25, 0.3) is 0 Å². The maximum absolute atomic E-state index is 9.08. The molecular weight excluding hydrogens is 212 g/mol. The zero-order chi connectivity index (χ0) is 12.8. The summed E-state index contributed by atoms with van der Waals surface area (Å²) < 4.78 is 0. The van der Waals surface area contributed by atoms with Crippen LogP contribution in [0.3, 0.4) is 0 Å². The Morgan fingerprint density at radius 1 is 1.18 bits per heavy atom. The molecule has 17 heavy (non-hydrogen) atoms. The Morgan fingerprint density at radius 2 is 1.76 bits per heavy atom. The van der Waals surface area contributed by atoms with Crippen molar-refractivity contribution in [1.29, 1.82) is 0 Å². The van der Waals surface area contributed by atoms with Crippen LogP contribution in [0.1, 0.15) is 47.0 Å². The molecule has 3 heteroatoms. The van der Waals surface area contributed by atoms with E-state index in [1.165, 1.54) is 25.9 Å². The number of aliphatic hydroxyl groups is 1. The Hall–Kier alpha value is -0.120. The maximum atomic E-state index is 9.08. The van der Waals surface area contributed by atoms with Gasteiger partial charge in [0, 0.05) is 24.7 Å². The molecule has 0 spiro atoms. The third-order valence-electron chi connectivity index (χ3n) is 3.95. The van der Waals surface area contributed by atoms with Gasteiger partial charge in [-0.3, -0.25) is 0 Å². The van der Waals surface area contributed by atoms with E-state index in [1.54, 1.807) is 0 Å². The van der Waals surface area contributed by atoms with Gasteiger partial charge in [0.2, 0.25) is 0 Å². The summed E-state index contributed by atoms with van der Waals surface area (Å²) >= 11 is 0. The first kappa shape index (κ1) is 14.9. The summed E-state index contributed by atoms with van der Waals surface area (Å²) in [7, 11) is 0. The molecule has 102 valence electrons. The molecule has 0 saturated carbocycles. The fourth-order valence-electron chi connectivity index (χ4n) is 2.63. The van der Waals surface area contributed by atoms with Crippen LogP contribution in [-0.4, -0.2) is 47.8 Å². The number of hydrogen-bond donors (Lipinski definition) is 2.